The molecule has 3 rings (SSSR count). The van der Waals surface area contributed by atoms with Gasteiger partial charge in [-0.3, -0.25) is 9.59 Å². The summed E-state index contributed by atoms with van der Waals surface area (Å²) in [6.07, 6.45) is -0.353. The zero-order chi connectivity index (χ0) is 21.0. The molecular weight excluding hydrogens is 368 g/mol. The van der Waals surface area contributed by atoms with Gasteiger partial charge in [0.1, 0.15) is 5.60 Å². The Morgan fingerprint density at radius 3 is 1.76 bits per heavy atom. The van der Waals surface area contributed by atoms with Gasteiger partial charge in [-0.25, -0.2) is 4.79 Å². The Morgan fingerprint density at radius 1 is 0.724 bits per heavy atom. The van der Waals surface area contributed by atoms with Crippen molar-refractivity contribution < 1.29 is 19.1 Å². The summed E-state index contributed by atoms with van der Waals surface area (Å²) < 4.78 is 5.38. The first-order valence-corrected chi connectivity index (χ1v) is 9.71. The first kappa shape index (κ1) is 20.6. The molecule has 0 unspecified atom stereocenters. The van der Waals surface area contributed by atoms with Crippen molar-refractivity contribution in [2.24, 2.45) is 0 Å². The second-order valence-corrected chi connectivity index (χ2v) is 8.03. The second kappa shape index (κ2) is 8.47. The van der Waals surface area contributed by atoms with Crippen LogP contribution in [0.3, 0.4) is 0 Å². The fourth-order valence-corrected chi connectivity index (χ4v) is 3.12. The van der Waals surface area contributed by atoms with Crippen molar-refractivity contribution in [1.29, 1.82) is 0 Å². The quantitative estimate of drug-likeness (QED) is 0.746. The van der Waals surface area contributed by atoms with Crippen molar-refractivity contribution in [2.45, 2.75) is 26.4 Å². The molecule has 152 valence electrons. The van der Waals surface area contributed by atoms with Crippen LogP contribution >= 0.6 is 0 Å². The van der Waals surface area contributed by atoms with Crippen LogP contribution in [0.25, 0.3) is 0 Å². The van der Waals surface area contributed by atoms with Crippen LogP contribution in [0.4, 0.5) is 4.79 Å². The van der Waals surface area contributed by atoms with Crippen molar-refractivity contribution in [1.82, 2.24) is 9.80 Å². The van der Waals surface area contributed by atoms with Gasteiger partial charge in [0.2, 0.25) is 0 Å². The fraction of sp³-hybridized carbons (Fsp3) is 0.348. The van der Waals surface area contributed by atoms with Crippen molar-refractivity contribution in [3.05, 3.63) is 71.3 Å². The number of hydrogen-bond donors (Lipinski definition) is 0. The van der Waals surface area contributed by atoms with Crippen molar-refractivity contribution in [3.63, 3.8) is 0 Å². The minimum atomic E-state index is -0.539. The summed E-state index contributed by atoms with van der Waals surface area (Å²) in [5.41, 5.74) is 1.15. The third kappa shape index (κ3) is 5.22. The molecule has 2 aromatic carbocycles. The molecule has 6 nitrogen and oxygen atoms in total. The van der Waals surface area contributed by atoms with Gasteiger partial charge >= 0.3 is 6.09 Å². The monoisotopic (exact) mass is 394 g/mol. The molecule has 0 radical (unpaired) electrons. The van der Waals surface area contributed by atoms with Crippen LogP contribution in [0.15, 0.2) is 54.6 Å². The van der Waals surface area contributed by atoms with Gasteiger partial charge in [0.25, 0.3) is 5.91 Å². The van der Waals surface area contributed by atoms with E-state index in [2.05, 4.69) is 0 Å². The van der Waals surface area contributed by atoms with Gasteiger partial charge < -0.3 is 14.5 Å². The van der Waals surface area contributed by atoms with Crippen LogP contribution in [0.2, 0.25) is 0 Å². The van der Waals surface area contributed by atoms with Crippen LogP contribution in [-0.2, 0) is 4.74 Å². The van der Waals surface area contributed by atoms with E-state index < -0.39 is 5.60 Å². The van der Waals surface area contributed by atoms with Crippen LogP contribution in [-0.4, -0.2) is 59.4 Å². The van der Waals surface area contributed by atoms with Crippen molar-refractivity contribution in [3.8, 4) is 0 Å². The Bertz CT molecular complexity index is 877. The molecule has 2 amide bonds. The summed E-state index contributed by atoms with van der Waals surface area (Å²) in [6, 6.07) is 15.8. The van der Waals surface area contributed by atoms with E-state index >= 15 is 0 Å². The topological polar surface area (TPSA) is 66.9 Å². The lowest BCUT2D eigenvalue weighted by Gasteiger charge is -2.35. The predicted octanol–water partition coefficient (Wildman–Crippen LogP) is 3.61. The summed E-state index contributed by atoms with van der Waals surface area (Å²) in [7, 11) is 0. The zero-order valence-electron chi connectivity index (χ0n) is 17.1. The number of carbonyl (C=O) groups is 3. The molecule has 0 atom stereocenters. The third-order valence-corrected chi connectivity index (χ3v) is 4.65. The number of piperazine rings is 1. The summed E-state index contributed by atoms with van der Waals surface area (Å²) in [5, 5.41) is 0. The minimum Gasteiger partial charge on any atom is -0.444 e. The largest absolute Gasteiger partial charge is 0.444 e. The van der Waals surface area contributed by atoms with Crippen molar-refractivity contribution >= 4 is 17.8 Å². The highest BCUT2D eigenvalue weighted by atomic mass is 16.6. The number of ether oxygens (including phenoxy) is 1. The summed E-state index contributed by atoms with van der Waals surface area (Å²) in [6.45, 7) is 7.26. The SMILES string of the molecule is CC(C)(C)OC(=O)N1CCN(C(=O)c2ccc(C(=O)c3ccccc3)cc2)CC1. The molecule has 0 bridgehead atoms. The van der Waals surface area contributed by atoms with E-state index in [4.69, 9.17) is 4.74 Å². The molecule has 0 aromatic heterocycles. The van der Waals surface area contributed by atoms with E-state index in [1.165, 1.54) is 0 Å². The Balaban J connectivity index is 1.59. The van der Waals surface area contributed by atoms with Crippen LogP contribution in [0, 0.1) is 0 Å². The Morgan fingerprint density at radius 2 is 1.21 bits per heavy atom. The van der Waals surface area contributed by atoms with Gasteiger partial charge in [-0.1, -0.05) is 42.5 Å². The number of carbonyl (C=O) groups excluding carboxylic acids is 3. The van der Waals surface area contributed by atoms with Crippen molar-refractivity contribution in [2.75, 3.05) is 26.2 Å². The van der Waals surface area contributed by atoms with E-state index in [1.54, 1.807) is 46.2 Å². The second-order valence-electron chi connectivity index (χ2n) is 8.03. The van der Waals surface area contributed by atoms with Gasteiger partial charge in [0.05, 0.1) is 0 Å². The number of benzene rings is 2. The van der Waals surface area contributed by atoms with Gasteiger partial charge in [-0.15, -0.1) is 0 Å². The van der Waals surface area contributed by atoms with E-state index in [0.717, 1.165) is 0 Å². The molecule has 1 aliphatic heterocycles. The first-order valence-electron chi connectivity index (χ1n) is 9.71. The molecule has 0 saturated carbocycles. The van der Waals surface area contributed by atoms with E-state index in [0.29, 0.717) is 42.9 Å². The Kier molecular flexibility index (Phi) is 6.01. The smallest absolute Gasteiger partial charge is 0.410 e. The Labute approximate surface area is 171 Å². The number of amides is 2. The molecule has 6 heteroatoms. The number of rotatable bonds is 3. The van der Waals surface area contributed by atoms with Gasteiger partial charge in [0.15, 0.2) is 5.78 Å². The predicted molar refractivity (Wildman–Crippen MR) is 110 cm³/mol. The van der Waals surface area contributed by atoms with Gasteiger partial charge in [-0.05, 0) is 32.9 Å². The fourth-order valence-electron chi connectivity index (χ4n) is 3.12. The summed E-state index contributed by atoms with van der Waals surface area (Å²) in [5.74, 6) is -0.178. The highest BCUT2D eigenvalue weighted by molar-refractivity contribution is 6.09. The molecule has 1 heterocycles. The molecule has 1 saturated heterocycles. The van der Waals surface area contributed by atoms with Crippen LogP contribution in [0.1, 0.15) is 47.1 Å². The zero-order valence-corrected chi connectivity index (χ0v) is 17.1. The molecule has 1 aliphatic rings. The summed E-state index contributed by atoms with van der Waals surface area (Å²) >= 11 is 0. The lowest BCUT2D eigenvalue weighted by molar-refractivity contribution is 0.0141. The van der Waals surface area contributed by atoms with E-state index in [1.807, 2.05) is 39.0 Å². The standard InChI is InChI=1S/C23H26N2O4/c1-23(2,3)29-22(28)25-15-13-24(14-16-25)21(27)19-11-9-18(10-12-19)20(26)17-7-5-4-6-8-17/h4-12H,13-16H2,1-3H3. The number of ketones is 1. The maximum Gasteiger partial charge on any atom is 0.410 e. The van der Waals surface area contributed by atoms with Gasteiger partial charge in [-0.2, -0.15) is 0 Å². The molecule has 2 aromatic rings. The molecular formula is C23H26N2O4. The normalized spacial score (nSPS) is 14.4. The highest BCUT2D eigenvalue weighted by Gasteiger charge is 2.28. The maximum absolute atomic E-state index is 12.8. The average Bonchev–Trinajstić information content (AvgIpc) is 2.72. The highest BCUT2D eigenvalue weighted by Crippen LogP contribution is 2.15. The third-order valence-electron chi connectivity index (χ3n) is 4.65. The maximum atomic E-state index is 12.8. The van der Waals surface area contributed by atoms with E-state index in [9.17, 15) is 14.4 Å². The number of hydrogen-bond acceptors (Lipinski definition) is 4. The Hall–Kier alpha value is -3.15. The van der Waals surface area contributed by atoms with Crippen LogP contribution < -0.4 is 0 Å². The number of nitrogens with zero attached hydrogens (tertiary/aromatic N) is 2. The lowest BCUT2D eigenvalue weighted by atomic mass is 10.0. The molecule has 0 N–H and O–H groups in total. The van der Waals surface area contributed by atoms with E-state index in [-0.39, 0.29) is 17.8 Å². The van der Waals surface area contributed by atoms with Crippen LogP contribution in [0.5, 0.6) is 0 Å². The molecule has 29 heavy (non-hydrogen) atoms. The minimum absolute atomic E-state index is 0.0735. The first-order chi connectivity index (χ1) is 13.7. The molecule has 0 spiro atoms. The molecule has 0 aliphatic carbocycles. The summed E-state index contributed by atoms with van der Waals surface area (Å²) in [4.78, 5) is 40.7. The molecule has 1 fully saturated rings. The van der Waals surface area contributed by atoms with Gasteiger partial charge in [0, 0.05) is 42.9 Å². The average molecular weight is 394 g/mol. The lowest BCUT2D eigenvalue weighted by Crippen LogP contribution is -2.51.